The van der Waals surface area contributed by atoms with Gasteiger partial charge in [-0.25, -0.2) is 0 Å². The number of aromatic amines is 4. The van der Waals surface area contributed by atoms with E-state index in [-0.39, 0.29) is 0 Å². The first-order valence-corrected chi connectivity index (χ1v) is 17.1. The fraction of sp³-hybridized carbons (Fsp3) is 0.385. The van der Waals surface area contributed by atoms with Crippen molar-refractivity contribution in [3.63, 3.8) is 0 Å². The molecule has 8 bridgehead atoms. The summed E-state index contributed by atoms with van der Waals surface area (Å²) < 4.78 is 0. The fourth-order valence-electron chi connectivity index (χ4n) is 6.55. The summed E-state index contributed by atoms with van der Waals surface area (Å²) in [4.78, 5) is 17.1. The topological polar surface area (TPSA) is 66.4 Å². The standard InChI is InChI=1S/C39H49N5/c1-2-3-4-5-6-7-8-9-10-11-12-14-25-44-26-15-13-16-38(44)39-36-23-21-34(42-36)28-32-19-17-30(40-32)27-31-18-20-33(41-31)29-35-22-24-37(39)43-35/h13,15-24,27-29,40-43H,2-12,14,25-26H2,1H3. The first kappa shape index (κ1) is 29.9. The molecule has 2 aliphatic heterocycles. The van der Waals surface area contributed by atoms with Gasteiger partial charge >= 0.3 is 0 Å². The molecule has 4 aromatic rings. The molecule has 0 saturated carbocycles. The molecule has 0 spiro atoms. The molecule has 4 aromatic heterocycles. The Morgan fingerprint density at radius 1 is 0.568 bits per heavy atom. The van der Waals surface area contributed by atoms with E-state index in [9.17, 15) is 0 Å². The molecule has 5 heteroatoms. The zero-order valence-electron chi connectivity index (χ0n) is 26.4. The SMILES string of the molecule is CCCCCCCCCCCCCCN1CC=CC=C1C1=c2ccc([nH]2)=Cc2ccc([nH]2)C=c2ccc([nH]2)=Cc2ccc1[nH]2. The monoisotopic (exact) mass is 587 g/mol. The minimum absolute atomic E-state index is 0.944. The Balaban J connectivity index is 1.18. The molecule has 0 amide bonds. The third kappa shape index (κ3) is 7.88. The molecule has 0 atom stereocenters. The van der Waals surface area contributed by atoms with Crippen LogP contribution < -0.4 is 21.4 Å². The van der Waals surface area contributed by atoms with Crippen LogP contribution in [0.25, 0.3) is 23.8 Å². The second-order valence-electron chi connectivity index (χ2n) is 12.5. The normalized spacial score (nSPS) is 14.2. The summed E-state index contributed by atoms with van der Waals surface area (Å²) in [6, 6.07) is 17.3. The second-order valence-corrected chi connectivity index (χ2v) is 12.5. The second kappa shape index (κ2) is 15.1. The molecule has 0 fully saturated rings. The average Bonchev–Trinajstić information content (AvgIpc) is 3.85. The lowest BCUT2D eigenvalue weighted by atomic mass is 10.0. The van der Waals surface area contributed by atoms with Crippen LogP contribution in [-0.4, -0.2) is 37.9 Å². The van der Waals surface area contributed by atoms with Crippen molar-refractivity contribution in [3.8, 4) is 0 Å². The predicted molar refractivity (Wildman–Crippen MR) is 185 cm³/mol. The van der Waals surface area contributed by atoms with E-state index in [1.807, 2.05) is 0 Å². The summed E-state index contributed by atoms with van der Waals surface area (Å²) in [6.45, 7) is 4.31. The van der Waals surface area contributed by atoms with E-state index in [4.69, 9.17) is 0 Å². The lowest BCUT2D eigenvalue weighted by Gasteiger charge is -2.29. The Bertz CT molecular complexity index is 1800. The highest BCUT2D eigenvalue weighted by Crippen LogP contribution is 2.26. The lowest BCUT2D eigenvalue weighted by Crippen LogP contribution is -2.30. The average molecular weight is 588 g/mol. The van der Waals surface area contributed by atoms with E-state index < -0.39 is 0 Å². The Morgan fingerprint density at radius 2 is 1.14 bits per heavy atom. The molecule has 0 aromatic carbocycles. The van der Waals surface area contributed by atoms with Crippen molar-refractivity contribution in [2.45, 2.75) is 84.0 Å². The number of H-pyrrole nitrogens is 4. The maximum atomic E-state index is 3.73. The van der Waals surface area contributed by atoms with Gasteiger partial charge in [0.25, 0.3) is 0 Å². The highest BCUT2D eigenvalue weighted by molar-refractivity contribution is 5.77. The van der Waals surface area contributed by atoms with Crippen LogP contribution in [0.15, 0.2) is 72.5 Å². The van der Waals surface area contributed by atoms with Crippen molar-refractivity contribution in [3.05, 3.63) is 117 Å². The predicted octanol–water partition coefficient (Wildman–Crippen LogP) is 6.45. The van der Waals surface area contributed by atoms with Gasteiger partial charge in [0.15, 0.2) is 0 Å². The number of allylic oxidation sites excluding steroid dienone is 3. The molecular formula is C39H49N5. The van der Waals surface area contributed by atoms with Crippen molar-refractivity contribution in [1.82, 2.24) is 24.8 Å². The molecule has 230 valence electrons. The van der Waals surface area contributed by atoms with E-state index in [1.165, 1.54) is 88.3 Å². The number of hydrogen-bond acceptors (Lipinski definition) is 1. The number of rotatable bonds is 14. The van der Waals surface area contributed by atoms with Gasteiger partial charge in [-0.2, -0.15) is 0 Å². The summed E-state index contributed by atoms with van der Waals surface area (Å²) in [5, 5.41) is 4.36. The van der Waals surface area contributed by atoms with Crippen LogP contribution in [0.5, 0.6) is 0 Å². The molecule has 5 nitrogen and oxygen atoms in total. The first-order chi connectivity index (χ1) is 21.7. The molecule has 6 heterocycles. The van der Waals surface area contributed by atoms with Crippen molar-refractivity contribution >= 4 is 23.8 Å². The Kier molecular flexibility index (Phi) is 10.2. The Morgan fingerprint density at radius 3 is 1.82 bits per heavy atom. The van der Waals surface area contributed by atoms with Gasteiger partial charge in [0, 0.05) is 57.5 Å². The molecule has 0 radical (unpaired) electrons. The highest BCUT2D eigenvalue weighted by atomic mass is 15.1. The number of nitrogens with zero attached hydrogens (tertiary/aromatic N) is 1. The van der Waals surface area contributed by atoms with Gasteiger partial charge in [-0.05, 0) is 79.3 Å². The lowest BCUT2D eigenvalue weighted by molar-refractivity contribution is 0.373. The van der Waals surface area contributed by atoms with Crippen molar-refractivity contribution in [2.75, 3.05) is 13.1 Å². The smallest absolute Gasteiger partial charge is 0.0500 e. The van der Waals surface area contributed by atoms with Crippen LogP contribution in [0.2, 0.25) is 0 Å². The zero-order chi connectivity index (χ0) is 30.0. The Hall–Kier alpha value is -4.12. The molecule has 2 aliphatic rings. The van der Waals surface area contributed by atoms with Crippen molar-refractivity contribution in [1.29, 1.82) is 0 Å². The summed E-state index contributed by atoms with van der Waals surface area (Å²) in [5.74, 6) is 0. The van der Waals surface area contributed by atoms with E-state index in [2.05, 4.69) is 117 Å². The van der Waals surface area contributed by atoms with E-state index in [1.54, 1.807) is 0 Å². The van der Waals surface area contributed by atoms with Gasteiger partial charge in [-0.3, -0.25) is 0 Å². The largest absolute Gasteiger partial charge is 0.367 e. The van der Waals surface area contributed by atoms with Crippen molar-refractivity contribution in [2.24, 2.45) is 0 Å². The summed E-state index contributed by atoms with van der Waals surface area (Å²) in [6.07, 6.45) is 29.8. The molecule has 0 unspecified atom stereocenters. The van der Waals surface area contributed by atoms with Crippen LogP contribution >= 0.6 is 0 Å². The van der Waals surface area contributed by atoms with Gasteiger partial charge in [-0.1, -0.05) is 89.7 Å². The Labute approximate surface area is 261 Å². The molecule has 0 saturated heterocycles. The van der Waals surface area contributed by atoms with Crippen LogP contribution in [0.4, 0.5) is 0 Å². The number of unbranched alkanes of at least 4 members (excludes halogenated alkanes) is 11. The van der Waals surface area contributed by atoms with Gasteiger partial charge in [0.05, 0.1) is 11.0 Å². The summed E-state index contributed by atoms with van der Waals surface area (Å²) >= 11 is 0. The minimum Gasteiger partial charge on any atom is -0.367 e. The quantitative estimate of drug-likeness (QED) is 0.126. The van der Waals surface area contributed by atoms with Crippen LogP contribution in [-0.2, 0) is 0 Å². The minimum atomic E-state index is 0.944. The molecule has 6 rings (SSSR count). The van der Waals surface area contributed by atoms with Crippen molar-refractivity contribution < 1.29 is 0 Å². The summed E-state index contributed by atoms with van der Waals surface area (Å²) in [5.41, 5.74) is 6.85. The fourth-order valence-corrected chi connectivity index (χ4v) is 6.55. The molecular weight excluding hydrogens is 538 g/mol. The molecule has 4 N–H and O–H groups in total. The van der Waals surface area contributed by atoms with Gasteiger partial charge in [-0.15, -0.1) is 0 Å². The maximum Gasteiger partial charge on any atom is 0.0500 e. The number of hydrogen-bond donors (Lipinski definition) is 4. The van der Waals surface area contributed by atoms with E-state index >= 15 is 0 Å². The highest BCUT2D eigenvalue weighted by Gasteiger charge is 2.19. The van der Waals surface area contributed by atoms with Crippen LogP contribution in [0, 0.1) is 0 Å². The van der Waals surface area contributed by atoms with E-state index in [0.717, 1.165) is 57.3 Å². The van der Waals surface area contributed by atoms with Crippen LogP contribution in [0.1, 0.15) is 107 Å². The third-order valence-corrected chi connectivity index (χ3v) is 8.95. The number of fused-ring (bicyclic) bond motifs is 8. The maximum absolute atomic E-state index is 3.73. The number of aromatic nitrogens is 4. The molecule has 44 heavy (non-hydrogen) atoms. The first-order valence-electron chi connectivity index (χ1n) is 17.1. The zero-order valence-corrected chi connectivity index (χ0v) is 26.4. The summed E-state index contributed by atoms with van der Waals surface area (Å²) in [7, 11) is 0. The molecule has 0 aliphatic carbocycles. The van der Waals surface area contributed by atoms with Gasteiger partial charge in [0.2, 0.25) is 0 Å². The van der Waals surface area contributed by atoms with Crippen LogP contribution in [0.3, 0.4) is 0 Å². The van der Waals surface area contributed by atoms with E-state index in [0.29, 0.717) is 0 Å². The number of nitrogens with one attached hydrogen (secondary N) is 4. The van der Waals surface area contributed by atoms with Gasteiger partial charge < -0.3 is 24.8 Å². The van der Waals surface area contributed by atoms with Gasteiger partial charge in [0.1, 0.15) is 0 Å². The third-order valence-electron chi connectivity index (χ3n) is 8.95.